The molecule has 0 saturated carbocycles. The molecule has 0 radical (unpaired) electrons. The third-order valence-electron chi connectivity index (χ3n) is 3.88. The molecule has 0 spiro atoms. The van der Waals surface area contributed by atoms with Crippen molar-refractivity contribution in [1.82, 2.24) is 0 Å². The van der Waals surface area contributed by atoms with Crippen LogP contribution in [0.1, 0.15) is 19.8 Å². The molecule has 100 valence electrons. The zero-order valence-corrected chi connectivity index (χ0v) is 11.1. The number of anilines is 1. The van der Waals surface area contributed by atoms with Crippen molar-refractivity contribution in [3.63, 3.8) is 0 Å². The lowest BCUT2D eigenvalue weighted by molar-refractivity contribution is 0.434. The molecule has 1 saturated heterocycles. The second kappa shape index (κ2) is 5.08. The maximum absolute atomic E-state index is 14.2. The highest BCUT2D eigenvalue weighted by Gasteiger charge is 2.19. The molecule has 0 unspecified atom stereocenters. The van der Waals surface area contributed by atoms with Gasteiger partial charge in [0, 0.05) is 18.7 Å². The summed E-state index contributed by atoms with van der Waals surface area (Å²) >= 11 is 0. The van der Waals surface area contributed by atoms with Gasteiger partial charge < -0.3 is 9.32 Å². The first-order valence-corrected chi connectivity index (χ1v) is 6.82. The molecule has 0 N–H and O–H groups in total. The summed E-state index contributed by atoms with van der Waals surface area (Å²) in [5.41, 5.74) is 1.50. The minimum Gasteiger partial charge on any atom is -0.464 e. The average molecular weight is 259 g/mol. The molecule has 1 fully saturated rings. The highest BCUT2D eigenvalue weighted by atomic mass is 19.1. The number of furan rings is 1. The van der Waals surface area contributed by atoms with Crippen LogP contribution in [0.4, 0.5) is 10.1 Å². The molecule has 1 aliphatic rings. The van der Waals surface area contributed by atoms with Gasteiger partial charge in [0.05, 0.1) is 12.0 Å². The van der Waals surface area contributed by atoms with Crippen molar-refractivity contribution in [3.8, 4) is 11.3 Å². The zero-order valence-electron chi connectivity index (χ0n) is 11.1. The fourth-order valence-corrected chi connectivity index (χ4v) is 2.61. The van der Waals surface area contributed by atoms with Crippen molar-refractivity contribution in [2.24, 2.45) is 5.92 Å². The Balaban J connectivity index is 1.84. The highest BCUT2D eigenvalue weighted by molar-refractivity contribution is 5.62. The van der Waals surface area contributed by atoms with E-state index in [1.165, 1.54) is 0 Å². The predicted octanol–water partition coefficient (Wildman–Crippen LogP) is 4.32. The maximum Gasteiger partial charge on any atom is 0.147 e. The Morgan fingerprint density at radius 2 is 2.00 bits per heavy atom. The van der Waals surface area contributed by atoms with E-state index in [4.69, 9.17) is 4.42 Å². The van der Waals surface area contributed by atoms with Gasteiger partial charge in [-0.25, -0.2) is 4.39 Å². The van der Waals surface area contributed by atoms with Gasteiger partial charge in [-0.15, -0.1) is 0 Å². The van der Waals surface area contributed by atoms with Crippen LogP contribution in [0.2, 0.25) is 0 Å². The van der Waals surface area contributed by atoms with Crippen molar-refractivity contribution in [1.29, 1.82) is 0 Å². The largest absolute Gasteiger partial charge is 0.464 e. The summed E-state index contributed by atoms with van der Waals surface area (Å²) in [6.45, 7) is 4.14. The minimum absolute atomic E-state index is 0.163. The van der Waals surface area contributed by atoms with Crippen LogP contribution in [0.25, 0.3) is 11.3 Å². The zero-order chi connectivity index (χ0) is 13.2. The van der Waals surface area contributed by atoms with E-state index in [0.717, 1.165) is 37.4 Å². The molecule has 3 rings (SSSR count). The molecule has 1 aliphatic heterocycles. The number of nitrogens with zero attached hydrogens (tertiary/aromatic N) is 1. The van der Waals surface area contributed by atoms with Gasteiger partial charge in [0.2, 0.25) is 0 Å². The number of rotatable bonds is 2. The molecule has 19 heavy (non-hydrogen) atoms. The fraction of sp³-hybridized carbons (Fsp3) is 0.375. The molecule has 0 amide bonds. The molecular weight excluding hydrogens is 241 g/mol. The second-order valence-electron chi connectivity index (χ2n) is 5.31. The molecule has 2 nitrogen and oxygen atoms in total. The van der Waals surface area contributed by atoms with Gasteiger partial charge in [-0.1, -0.05) is 6.92 Å². The number of piperidine rings is 1. The van der Waals surface area contributed by atoms with Gasteiger partial charge in [-0.2, -0.15) is 0 Å². The normalized spacial score (nSPS) is 16.8. The summed E-state index contributed by atoms with van der Waals surface area (Å²) in [7, 11) is 0. The monoisotopic (exact) mass is 259 g/mol. The lowest BCUT2D eigenvalue weighted by Crippen LogP contribution is -2.33. The van der Waals surface area contributed by atoms with Crippen LogP contribution in [0.15, 0.2) is 41.0 Å². The van der Waals surface area contributed by atoms with Crippen LogP contribution in [-0.2, 0) is 0 Å². The second-order valence-corrected chi connectivity index (χ2v) is 5.31. The van der Waals surface area contributed by atoms with E-state index in [9.17, 15) is 4.39 Å². The summed E-state index contributed by atoms with van der Waals surface area (Å²) < 4.78 is 19.5. The molecular formula is C16H18FNO. The van der Waals surface area contributed by atoms with Crippen molar-refractivity contribution in [2.75, 3.05) is 18.0 Å². The number of benzene rings is 1. The van der Waals surface area contributed by atoms with Crippen LogP contribution in [0.5, 0.6) is 0 Å². The molecule has 1 aromatic carbocycles. The van der Waals surface area contributed by atoms with Gasteiger partial charge in [0.15, 0.2) is 0 Å². The van der Waals surface area contributed by atoms with Crippen molar-refractivity contribution in [2.45, 2.75) is 19.8 Å². The molecule has 1 aromatic heterocycles. The van der Waals surface area contributed by atoms with Gasteiger partial charge >= 0.3 is 0 Å². The topological polar surface area (TPSA) is 16.4 Å². The Morgan fingerprint density at radius 3 is 2.63 bits per heavy atom. The summed E-state index contributed by atoms with van der Waals surface area (Å²) in [5, 5.41) is 0. The van der Waals surface area contributed by atoms with Crippen molar-refractivity contribution < 1.29 is 8.81 Å². The minimum atomic E-state index is -0.163. The quantitative estimate of drug-likeness (QED) is 0.798. The molecule has 2 aromatic rings. The van der Waals surface area contributed by atoms with Crippen molar-refractivity contribution >= 4 is 5.69 Å². The molecule has 0 aliphatic carbocycles. The SMILES string of the molecule is CC1CCN(c2ccc(-c3ccco3)cc2F)CC1. The van der Waals surface area contributed by atoms with Crippen LogP contribution in [0, 0.1) is 11.7 Å². The molecule has 2 heterocycles. The predicted molar refractivity (Wildman–Crippen MR) is 74.7 cm³/mol. The van der Waals surface area contributed by atoms with E-state index in [1.807, 2.05) is 24.3 Å². The van der Waals surface area contributed by atoms with E-state index in [0.29, 0.717) is 11.4 Å². The highest BCUT2D eigenvalue weighted by Crippen LogP contribution is 2.29. The smallest absolute Gasteiger partial charge is 0.147 e. The Morgan fingerprint density at radius 1 is 1.21 bits per heavy atom. The number of halogens is 1. The molecule has 0 atom stereocenters. The first-order chi connectivity index (χ1) is 9.24. The summed E-state index contributed by atoms with van der Waals surface area (Å²) in [6, 6.07) is 9.01. The summed E-state index contributed by atoms with van der Waals surface area (Å²) in [4.78, 5) is 2.14. The van der Waals surface area contributed by atoms with Crippen LogP contribution < -0.4 is 4.90 Å². The van der Waals surface area contributed by atoms with Crippen LogP contribution in [0.3, 0.4) is 0 Å². The lowest BCUT2D eigenvalue weighted by atomic mass is 9.98. The van der Waals surface area contributed by atoms with E-state index in [1.54, 1.807) is 12.3 Å². The van der Waals surface area contributed by atoms with Gasteiger partial charge in [0.25, 0.3) is 0 Å². The third kappa shape index (κ3) is 2.50. The van der Waals surface area contributed by atoms with Crippen LogP contribution >= 0.6 is 0 Å². The van der Waals surface area contributed by atoms with Crippen molar-refractivity contribution in [3.05, 3.63) is 42.4 Å². The average Bonchev–Trinajstić information content (AvgIpc) is 2.94. The van der Waals surface area contributed by atoms with E-state index in [2.05, 4.69) is 11.8 Å². The van der Waals surface area contributed by atoms with E-state index in [-0.39, 0.29) is 5.82 Å². The van der Waals surface area contributed by atoms with Gasteiger partial charge in [-0.05, 0) is 49.1 Å². The Bertz CT molecular complexity index is 542. The van der Waals surface area contributed by atoms with Gasteiger partial charge in [-0.3, -0.25) is 0 Å². The first kappa shape index (κ1) is 12.3. The molecule has 3 heteroatoms. The molecule has 0 bridgehead atoms. The number of hydrogen-bond donors (Lipinski definition) is 0. The Kier molecular flexibility index (Phi) is 3.28. The summed E-state index contributed by atoms with van der Waals surface area (Å²) in [6.07, 6.45) is 3.88. The van der Waals surface area contributed by atoms with Gasteiger partial charge in [0.1, 0.15) is 11.6 Å². The van der Waals surface area contributed by atoms with Crippen LogP contribution in [-0.4, -0.2) is 13.1 Å². The lowest BCUT2D eigenvalue weighted by Gasteiger charge is -2.32. The maximum atomic E-state index is 14.2. The Hall–Kier alpha value is -1.77. The Labute approximate surface area is 112 Å². The number of hydrogen-bond acceptors (Lipinski definition) is 2. The fourth-order valence-electron chi connectivity index (χ4n) is 2.61. The summed E-state index contributed by atoms with van der Waals surface area (Å²) in [5.74, 6) is 1.29. The first-order valence-electron chi connectivity index (χ1n) is 6.82. The standard InChI is InChI=1S/C16H18FNO/c1-12-6-8-18(9-7-12)15-5-4-13(11-14(15)17)16-3-2-10-19-16/h2-5,10-12H,6-9H2,1H3. The van der Waals surface area contributed by atoms with E-state index >= 15 is 0 Å². The van der Waals surface area contributed by atoms with E-state index < -0.39 is 0 Å². The third-order valence-corrected chi connectivity index (χ3v) is 3.88.